The normalized spacial score (nSPS) is 19.0. The van der Waals surface area contributed by atoms with Crippen LogP contribution in [0.3, 0.4) is 0 Å². The molecule has 1 fully saturated rings. The quantitative estimate of drug-likeness (QED) is 0.531. The molecule has 2 amide bonds. The molecule has 1 saturated heterocycles. The van der Waals surface area contributed by atoms with Crippen molar-refractivity contribution in [2.24, 2.45) is 11.7 Å². The molecule has 9 nitrogen and oxygen atoms in total. The highest BCUT2D eigenvalue weighted by Gasteiger charge is 2.44. The number of nitrogens with zero attached hydrogens (tertiary/aromatic N) is 3. The van der Waals surface area contributed by atoms with Crippen LogP contribution in [0.15, 0.2) is 18.2 Å². The van der Waals surface area contributed by atoms with Crippen LogP contribution in [0.1, 0.15) is 80.5 Å². The van der Waals surface area contributed by atoms with E-state index < -0.39 is 35.1 Å². The number of primary amides is 1. The van der Waals surface area contributed by atoms with Crippen LogP contribution in [0, 0.1) is 23.6 Å². The zero-order valence-electron chi connectivity index (χ0n) is 22.0. The number of amides is 2. The first-order valence-corrected chi connectivity index (χ1v) is 12.5. The first-order valence-electron chi connectivity index (χ1n) is 12.5. The molecular weight excluding hydrogens is 491 g/mol. The van der Waals surface area contributed by atoms with Gasteiger partial charge in [0.1, 0.15) is 28.9 Å². The molecule has 0 radical (unpaired) electrons. The number of carbonyl (C=O) groups excluding carboxylic acids is 2. The fraction of sp³-hybridized carbons (Fsp3) is 0.464. The minimum Gasteiger partial charge on any atom is -0.444 e. The van der Waals surface area contributed by atoms with Crippen LogP contribution in [0.2, 0.25) is 0 Å². The second-order valence-electron chi connectivity index (χ2n) is 11.6. The number of benzene rings is 1. The van der Waals surface area contributed by atoms with E-state index in [-0.39, 0.29) is 42.0 Å². The smallest absolute Gasteiger partial charge is 0.410 e. The molecule has 10 heteroatoms. The SMILES string of the molecule is CC(C)(O)C#Cc1cc2c(cc1F)C1=CC(C1)n1c-2nc(C(N)=O)c1C(O)C1CN(C(=O)OC(C)(C)C)C1. The van der Waals surface area contributed by atoms with Crippen molar-refractivity contribution in [1.29, 1.82) is 0 Å². The molecule has 1 aliphatic carbocycles. The summed E-state index contributed by atoms with van der Waals surface area (Å²) in [5.41, 5.74) is 6.16. The van der Waals surface area contributed by atoms with Crippen molar-refractivity contribution in [2.75, 3.05) is 13.1 Å². The third-order valence-corrected chi connectivity index (χ3v) is 6.82. The molecule has 200 valence electrons. The number of halogens is 1. The van der Waals surface area contributed by atoms with E-state index in [1.54, 1.807) is 31.4 Å². The summed E-state index contributed by atoms with van der Waals surface area (Å²) < 4.78 is 22.2. The Morgan fingerprint density at radius 3 is 2.45 bits per heavy atom. The summed E-state index contributed by atoms with van der Waals surface area (Å²) >= 11 is 0. The fourth-order valence-corrected chi connectivity index (χ4v) is 4.98. The molecule has 3 aliphatic heterocycles. The summed E-state index contributed by atoms with van der Waals surface area (Å²) in [6.45, 7) is 8.85. The van der Waals surface area contributed by atoms with Crippen LogP contribution in [-0.4, -0.2) is 61.0 Å². The monoisotopic (exact) mass is 522 g/mol. The van der Waals surface area contributed by atoms with Gasteiger partial charge in [0.2, 0.25) is 0 Å². The van der Waals surface area contributed by atoms with E-state index >= 15 is 0 Å². The standard InChI is InChI=1S/C28H31FN4O5/c1-27(2,3)38-26(36)32-12-16(13-32)23(34)22-21(24(30)35)31-25-19-10-14(6-7-28(4,5)37)20(29)11-18(19)15-8-17(9-15)33(22)25/h8,10-11,16-17,23,34,37H,9,12-13H2,1-5H3,(H2,30,35). The Balaban J connectivity index is 1.54. The Morgan fingerprint density at radius 1 is 1.21 bits per heavy atom. The molecule has 0 spiro atoms. The third-order valence-electron chi connectivity index (χ3n) is 6.82. The predicted molar refractivity (Wildman–Crippen MR) is 137 cm³/mol. The second-order valence-corrected chi connectivity index (χ2v) is 11.6. The summed E-state index contributed by atoms with van der Waals surface area (Å²) in [6.07, 6.45) is 0.932. The van der Waals surface area contributed by atoms with Crippen LogP contribution in [-0.2, 0) is 4.74 Å². The van der Waals surface area contributed by atoms with Gasteiger partial charge in [-0.1, -0.05) is 17.9 Å². The zero-order chi connectivity index (χ0) is 27.7. The van der Waals surface area contributed by atoms with Gasteiger partial charge in [0.25, 0.3) is 5.91 Å². The van der Waals surface area contributed by atoms with Crippen LogP contribution < -0.4 is 5.73 Å². The molecular formula is C28H31FN4O5. The Kier molecular flexibility index (Phi) is 5.93. The largest absolute Gasteiger partial charge is 0.444 e. The van der Waals surface area contributed by atoms with Gasteiger partial charge in [-0.15, -0.1) is 0 Å². The van der Waals surface area contributed by atoms with Crippen molar-refractivity contribution in [2.45, 2.75) is 64.4 Å². The minimum atomic E-state index is -1.31. The molecule has 2 unspecified atom stereocenters. The van der Waals surface area contributed by atoms with Crippen molar-refractivity contribution in [3.63, 3.8) is 0 Å². The number of hydrogen-bond acceptors (Lipinski definition) is 6. The number of hydrogen-bond donors (Lipinski definition) is 3. The molecule has 2 atom stereocenters. The van der Waals surface area contributed by atoms with Crippen LogP contribution in [0.25, 0.3) is 17.0 Å². The highest BCUT2D eigenvalue weighted by Crippen LogP contribution is 2.50. The van der Waals surface area contributed by atoms with Gasteiger partial charge in [0.15, 0.2) is 5.69 Å². The average Bonchev–Trinajstić information content (AvgIpc) is 2.98. The summed E-state index contributed by atoms with van der Waals surface area (Å²) in [5.74, 6) is 4.02. The van der Waals surface area contributed by atoms with Crippen LogP contribution >= 0.6 is 0 Å². The Morgan fingerprint density at radius 2 is 1.87 bits per heavy atom. The van der Waals surface area contributed by atoms with Gasteiger partial charge in [-0.25, -0.2) is 14.2 Å². The van der Waals surface area contributed by atoms with Crippen molar-refractivity contribution < 1.29 is 28.9 Å². The second kappa shape index (κ2) is 8.68. The molecule has 0 saturated carbocycles. The molecule has 4 heterocycles. The van der Waals surface area contributed by atoms with E-state index in [0.29, 0.717) is 23.4 Å². The molecule has 2 aromatic rings. The maximum absolute atomic E-state index is 15.0. The number of carbonyl (C=O) groups is 2. The van der Waals surface area contributed by atoms with Crippen molar-refractivity contribution in [1.82, 2.24) is 14.5 Å². The van der Waals surface area contributed by atoms with Gasteiger partial charge in [-0.2, -0.15) is 0 Å². The van der Waals surface area contributed by atoms with E-state index in [1.165, 1.54) is 24.8 Å². The molecule has 38 heavy (non-hydrogen) atoms. The fourth-order valence-electron chi connectivity index (χ4n) is 4.98. The molecule has 1 aromatic carbocycles. The number of likely N-dealkylation sites (tertiary alicyclic amines) is 1. The average molecular weight is 523 g/mol. The lowest BCUT2D eigenvalue weighted by Crippen LogP contribution is -2.53. The van der Waals surface area contributed by atoms with Gasteiger partial charge in [-0.3, -0.25) is 4.79 Å². The van der Waals surface area contributed by atoms with E-state index in [9.17, 15) is 24.2 Å². The summed E-state index contributed by atoms with van der Waals surface area (Å²) in [4.78, 5) is 30.9. The lowest BCUT2D eigenvalue weighted by molar-refractivity contribution is -0.0335. The van der Waals surface area contributed by atoms with Gasteiger partial charge in [-0.05, 0) is 64.3 Å². The first kappa shape index (κ1) is 25.9. The van der Waals surface area contributed by atoms with E-state index in [0.717, 1.165) is 5.57 Å². The predicted octanol–water partition coefficient (Wildman–Crippen LogP) is 3.15. The van der Waals surface area contributed by atoms with Crippen LogP contribution in [0.5, 0.6) is 0 Å². The number of rotatable bonds is 3. The van der Waals surface area contributed by atoms with E-state index in [1.807, 2.05) is 6.08 Å². The summed E-state index contributed by atoms with van der Waals surface area (Å²) in [5, 5.41) is 21.4. The molecule has 2 bridgehead atoms. The Hall–Kier alpha value is -3.68. The van der Waals surface area contributed by atoms with E-state index in [2.05, 4.69) is 16.8 Å². The third kappa shape index (κ3) is 4.57. The lowest BCUT2D eigenvalue weighted by Gasteiger charge is -2.42. The number of allylic oxidation sites excluding steroid dienone is 2. The topological polar surface area (TPSA) is 131 Å². The number of nitrogens with two attached hydrogens (primary N) is 1. The highest BCUT2D eigenvalue weighted by atomic mass is 19.1. The maximum Gasteiger partial charge on any atom is 0.410 e. The Labute approximate surface area is 220 Å². The molecule has 4 N–H and O–H groups in total. The van der Waals surface area contributed by atoms with Gasteiger partial charge in [0, 0.05) is 24.6 Å². The number of aliphatic hydroxyl groups is 2. The first-order chi connectivity index (χ1) is 17.6. The summed E-state index contributed by atoms with van der Waals surface area (Å²) in [6, 6.07) is 2.74. The molecule has 4 aliphatic rings. The zero-order valence-corrected chi connectivity index (χ0v) is 22.0. The van der Waals surface area contributed by atoms with Gasteiger partial charge >= 0.3 is 6.09 Å². The Bertz CT molecular complexity index is 1440. The molecule has 6 rings (SSSR count). The van der Waals surface area contributed by atoms with Crippen molar-refractivity contribution >= 4 is 17.6 Å². The maximum atomic E-state index is 15.0. The summed E-state index contributed by atoms with van der Waals surface area (Å²) in [7, 11) is 0. The van der Waals surface area contributed by atoms with E-state index in [4.69, 9.17) is 10.5 Å². The van der Waals surface area contributed by atoms with Crippen molar-refractivity contribution in [3.05, 3.63) is 46.5 Å². The highest BCUT2D eigenvalue weighted by molar-refractivity contribution is 5.94. The number of aliphatic hydroxyl groups excluding tert-OH is 1. The number of aromatic nitrogens is 2. The number of ether oxygens (including phenoxy) is 1. The van der Waals surface area contributed by atoms with Gasteiger partial charge in [0.05, 0.1) is 17.3 Å². The van der Waals surface area contributed by atoms with Crippen LogP contribution in [0.4, 0.5) is 9.18 Å². The number of imidazole rings is 1. The van der Waals surface area contributed by atoms with Gasteiger partial charge < -0.3 is 30.2 Å². The molecule has 1 aromatic heterocycles. The minimum absolute atomic E-state index is 0.0635. The lowest BCUT2D eigenvalue weighted by atomic mass is 9.85. The van der Waals surface area contributed by atoms with Crippen molar-refractivity contribution in [3.8, 4) is 23.2 Å².